The molecule has 1 rings (SSSR count). The predicted octanol–water partition coefficient (Wildman–Crippen LogP) is 0.685. The molecule has 1 aromatic carbocycles. The van der Waals surface area contributed by atoms with Gasteiger partial charge in [0.25, 0.3) is 0 Å². The summed E-state index contributed by atoms with van der Waals surface area (Å²) < 4.78 is 52.7. The first-order valence-corrected chi connectivity index (χ1v) is 10.3. The number of rotatable bonds is 8. The van der Waals surface area contributed by atoms with Gasteiger partial charge in [-0.2, -0.15) is 8.61 Å². The maximum atomic E-state index is 12.6. The molecule has 0 amide bonds. The van der Waals surface area contributed by atoms with Gasteiger partial charge in [0.05, 0.1) is 9.79 Å². The Morgan fingerprint density at radius 2 is 1.52 bits per heavy atom. The maximum Gasteiger partial charge on any atom is 0.243 e. The Kier molecular flexibility index (Phi) is 6.72. The Bertz CT molecular complexity index is 728. The lowest BCUT2D eigenvalue weighted by atomic mass is 10.4. The summed E-state index contributed by atoms with van der Waals surface area (Å²) in [5, 5.41) is 0. The van der Waals surface area contributed by atoms with Crippen LogP contribution in [0.25, 0.3) is 0 Å². The highest BCUT2D eigenvalue weighted by Crippen LogP contribution is 2.22. The van der Waals surface area contributed by atoms with Crippen LogP contribution in [0.5, 0.6) is 0 Å². The molecular weight excluding hydrogens is 338 g/mol. The van der Waals surface area contributed by atoms with Gasteiger partial charge in [-0.25, -0.2) is 16.8 Å². The first-order valence-electron chi connectivity index (χ1n) is 7.41. The van der Waals surface area contributed by atoms with Crippen LogP contribution >= 0.6 is 0 Å². The molecule has 132 valence electrons. The molecule has 0 aliphatic carbocycles. The summed E-state index contributed by atoms with van der Waals surface area (Å²) in [6.45, 7) is 5.97. The molecule has 2 N–H and O–H groups in total. The summed E-state index contributed by atoms with van der Waals surface area (Å²) in [6, 6.07) is 5.03. The van der Waals surface area contributed by atoms with Crippen molar-refractivity contribution in [3.05, 3.63) is 24.3 Å². The summed E-state index contributed by atoms with van der Waals surface area (Å²) in [5.41, 5.74) is 5.51. The van der Waals surface area contributed by atoms with Crippen LogP contribution in [0.1, 0.15) is 20.8 Å². The molecular formula is C14H25N3O4S2. The molecule has 7 nitrogen and oxygen atoms in total. The summed E-state index contributed by atoms with van der Waals surface area (Å²) in [5.74, 6) is 0. The molecule has 1 atom stereocenters. The van der Waals surface area contributed by atoms with E-state index in [4.69, 9.17) is 5.73 Å². The van der Waals surface area contributed by atoms with Crippen LogP contribution in [-0.4, -0.2) is 58.2 Å². The van der Waals surface area contributed by atoms with Crippen molar-refractivity contribution in [3.63, 3.8) is 0 Å². The Labute approximate surface area is 139 Å². The molecule has 0 spiro atoms. The quantitative estimate of drug-likeness (QED) is 0.732. The van der Waals surface area contributed by atoms with Gasteiger partial charge in [-0.15, -0.1) is 0 Å². The van der Waals surface area contributed by atoms with Gasteiger partial charge in [-0.3, -0.25) is 0 Å². The van der Waals surface area contributed by atoms with Crippen LogP contribution < -0.4 is 5.73 Å². The highest BCUT2D eigenvalue weighted by atomic mass is 32.2. The average molecular weight is 364 g/mol. The monoisotopic (exact) mass is 363 g/mol. The van der Waals surface area contributed by atoms with Gasteiger partial charge in [0.2, 0.25) is 20.0 Å². The fourth-order valence-corrected chi connectivity index (χ4v) is 5.06. The fraction of sp³-hybridized carbons (Fsp3) is 0.571. The number of benzene rings is 1. The topological polar surface area (TPSA) is 101 Å². The van der Waals surface area contributed by atoms with Crippen molar-refractivity contribution in [2.75, 3.05) is 26.7 Å². The predicted molar refractivity (Wildman–Crippen MR) is 90.0 cm³/mol. The summed E-state index contributed by atoms with van der Waals surface area (Å²) >= 11 is 0. The molecule has 0 aliphatic rings. The molecule has 0 fully saturated rings. The number of nitrogens with zero attached hydrogens (tertiary/aromatic N) is 2. The second kappa shape index (κ2) is 7.71. The highest BCUT2D eigenvalue weighted by Gasteiger charge is 2.27. The Morgan fingerprint density at radius 3 is 1.96 bits per heavy atom. The van der Waals surface area contributed by atoms with Crippen LogP contribution in [0, 0.1) is 0 Å². The van der Waals surface area contributed by atoms with Gasteiger partial charge in [-0.05, 0) is 25.1 Å². The second-order valence-electron chi connectivity index (χ2n) is 5.17. The lowest BCUT2D eigenvalue weighted by Gasteiger charge is -2.23. The van der Waals surface area contributed by atoms with E-state index in [0.717, 1.165) is 4.31 Å². The van der Waals surface area contributed by atoms with Crippen LogP contribution in [0.3, 0.4) is 0 Å². The van der Waals surface area contributed by atoms with E-state index in [1.54, 1.807) is 20.8 Å². The van der Waals surface area contributed by atoms with Gasteiger partial charge in [0.1, 0.15) is 0 Å². The van der Waals surface area contributed by atoms with E-state index < -0.39 is 20.0 Å². The van der Waals surface area contributed by atoms with E-state index in [9.17, 15) is 16.8 Å². The second-order valence-corrected chi connectivity index (χ2v) is 9.11. The molecule has 0 saturated carbocycles. The lowest BCUT2D eigenvalue weighted by Crippen LogP contribution is -2.39. The molecule has 1 unspecified atom stereocenters. The van der Waals surface area contributed by atoms with Gasteiger partial charge in [-0.1, -0.05) is 19.9 Å². The first-order chi connectivity index (χ1) is 10.6. The van der Waals surface area contributed by atoms with Crippen molar-refractivity contribution in [1.29, 1.82) is 0 Å². The number of likely N-dealkylation sites (N-methyl/N-ethyl adjacent to an activating group) is 1. The molecule has 0 aromatic heterocycles. The highest BCUT2D eigenvalue weighted by molar-refractivity contribution is 7.90. The van der Waals surface area contributed by atoms with E-state index in [0.29, 0.717) is 13.1 Å². The fourth-order valence-electron chi connectivity index (χ4n) is 2.06. The average Bonchev–Trinajstić information content (AvgIpc) is 2.54. The Morgan fingerprint density at radius 1 is 1.04 bits per heavy atom. The molecule has 0 radical (unpaired) electrons. The van der Waals surface area contributed by atoms with E-state index >= 15 is 0 Å². The first kappa shape index (κ1) is 20.0. The Balaban J connectivity index is 3.35. The van der Waals surface area contributed by atoms with E-state index in [2.05, 4.69) is 0 Å². The summed E-state index contributed by atoms with van der Waals surface area (Å²) in [4.78, 5) is -0.0930. The SMILES string of the molecule is CCN(CC)S(=O)(=O)c1cccc(S(=O)(=O)N(C)C(C)CN)c1. The molecule has 0 heterocycles. The minimum absolute atomic E-state index is 0.0314. The maximum absolute atomic E-state index is 12.6. The third-order valence-electron chi connectivity index (χ3n) is 3.79. The lowest BCUT2D eigenvalue weighted by molar-refractivity contribution is 0.394. The number of sulfonamides is 2. The zero-order chi connectivity index (χ0) is 17.8. The molecule has 0 bridgehead atoms. The molecule has 0 aliphatic heterocycles. The van der Waals surface area contributed by atoms with Crippen LogP contribution in [0.15, 0.2) is 34.1 Å². The van der Waals surface area contributed by atoms with Gasteiger partial charge in [0, 0.05) is 32.7 Å². The van der Waals surface area contributed by atoms with Gasteiger partial charge in [0.15, 0.2) is 0 Å². The van der Waals surface area contributed by atoms with Gasteiger partial charge >= 0.3 is 0 Å². The van der Waals surface area contributed by atoms with Crippen molar-refractivity contribution in [1.82, 2.24) is 8.61 Å². The zero-order valence-electron chi connectivity index (χ0n) is 13.9. The smallest absolute Gasteiger partial charge is 0.243 e. The third-order valence-corrected chi connectivity index (χ3v) is 7.80. The summed E-state index contributed by atoms with van der Waals surface area (Å²) in [7, 11) is -6.08. The standard InChI is InChI=1S/C14H25N3O4S2/c1-5-17(6-2)23(20,21)14-9-7-8-13(10-14)22(18,19)16(4)12(3)11-15/h7-10,12H,5-6,11,15H2,1-4H3. The number of nitrogens with two attached hydrogens (primary N) is 1. The number of hydrogen-bond donors (Lipinski definition) is 1. The normalized spacial score (nSPS) is 14.4. The van der Waals surface area contributed by atoms with Gasteiger partial charge < -0.3 is 5.73 Å². The minimum atomic E-state index is -3.80. The van der Waals surface area contributed by atoms with E-state index in [-0.39, 0.29) is 22.4 Å². The molecule has 1 aromatic rings. The minimum Gasteiger partial charge on any atom is -0.329 e. The largest absolute Gasteiger partial charge is 0.329 e. The van der Waals surface area contributed by atoms with Crippen molar-refractivity contribution >= 4 is 20.0 Å². The van der Waals surface area contributed by atoms with E-state index in [1.807, 2.05) is 0 Å². The Hall–Kier alpha value is -1.00. The van der Waals surface area contributed by atoms with Crippen LogP contribution in [0.2, 0.25) is 0 Å². The van der Waals surface area contributed by atoms with Crippen molar-refractivity contribution in [2.24, 2.45) is 5.73 Å². The van der Waals surface area contributed by atoms with Crippen molar-refractivity contribution in [3.8, 4) is 0 Å². The molecule has 9 heteroatoms. The molecule has 23 heavy (non-hydrogen) atoms. The van der Waals surface area contributed by atoms with E-state index in [1.165, 1.54) is 35.6 Å². The van der Waals surface area contributed by atoms with Crippen molar-refractivity contribution < 1.29 is 16.8 Å². The van der Waals surface area contributed by atoms with Crippen LogP contribution in [0.4, 0.5) is 0 Å². The molecule has 0 saturated heterocycles. The number of hydrogen-bond acceptors (Lipinski definition) is 5. The zero-order valence-corrected chi connectivity index (χ0v) is 15.6. The summed E-state index contributed by atoms with van der Waals surface area (Å²) in [6.07, 6.45) is 0. The third kappa shape index (κ3) is 4.10. The van der Waals surface area contributed by atoms with Crippen molar-refractivity contribution in [2.45, 2.75) is 36.6 Å². The van der Waals surface area contributed by atoms with Crippen LogP contribution in [-0.2, 0) is 20.0 Å².